The summed E-state index contributed by atoms with van der Waals surface area (Å²) in [5.74, 6) is 1.37. The normalized spacial score (nSPS) is 15.7. The molecular weight excluding hydrogens is 467 g/mol. The Morgan fingerprint density at radius 2 is 1.65 bits per heavy atom. The maximum Gasteiger partial charge on any atom is 0.161 e. The Bertz CT molecular complexity index is 1160. The van der Waals surface area contributed by atoms with Crippen molar-refractivity contribution in [2.75, 3.05) is 44.2 Å². The number of anilines is 1. The van der Waals surface area contributed by atoms with E-state index >= 15 is 0 Å². The van der Waals surface area contributed by atoms with Crippen LogP contribution >= 0.6 is 0 Å². The van der Waals surface area contributed by atoms with Crippen LogP contribution in [0.2, 0.25) is 0 Å². The van der Waals surface area contributed by atoms with Gasteiger partial charge in [-0.15, -0.1) is 0 Å². The number of rotatable bonds is 9. The van der Waals surface area contributed by atoms with Gasteiger partial charge in [-0.1, -0.05) is 55.5 Å². The lowest BCUT2D eigenvalue weighted by molar-refractivity contribution is -0.0563. The molecule has 1 aliphatic rings. The van der Waals surface area contributed by atoms with Crippen molar-refractivity contribution in [3.05, 3.63) is 77.2 Å². The van der Waals surface area contributed by atoms with E-state index in [-0.39, 0.29) is 11.4 Å². The zero-order valence-electron chi connectivity index (χ0n) is 22.5. The first-order valence-electron chi connectivity index (χ1n) is 13.2. The van der Waals surface area contributed by atoms with Crippen molar-refractivity contribution in [2.45, 2.75) is 52.2 Å². The molecule has 0 saturated carbocycles. The minimum absolute atomic E-state index is 0.209. The Labute approximate surface area is 220 Å². The Balaban J connectivity index is 1.58. The Morgan fingerprint density at radius 1 is 0.973 bits per heavy atom. The number of aryl methyl sites for hydroxylation is 1. The van der Waals surface area contributed by atoms with Gasteiger partial charge in [-0.25, -0.2) is 14.4 Å². The lowest BCUT2D eigenvalue weighted by Crippen LogP contribution is -2.50. The Morgan fingerprint density at radius 3 is 2.30 bits per heavy atom. The van der Waals surface area contributed by atoms with E-state index in [1.54, 1.807) is 6.07 Å². The molecule has 37 heavy (non-hydrogen) atoms. The van der Waals surface area contributed by atoms with Crippen LogP contribution in [0.25, 0.3) is 11.4 Å². The molecule has 1 saturated heterocycles. The molecule has 1 aromatic heterocycles. The number of hydrogen-bond donors (Lipinski definition) is 1. The number of halogens is 1. The van der Waals surface area contributed by atoms with E-state index < -0.39 is 6.10 Å². The van der Waals surface area contributed by atoms with Crippen molar-refractivity contribution in [1.29, 1.82) is 0 Å². The van der Waals surface area contributed by atoms with E-state index in [2.05, 4.69) is 16.7 Å². The molecule has 1 atom stereocenters. The summed E-state index contributed by atoms with van der Waals surface area (Å²) in [6.45, 7) is 12.1. The van der Waals surface area contributed by atoms with Crippen LogP contribution in [0, 0.1) is 5.82 Å². The van der Waals surface area contributed by atoms with Crippen LogP contribution in [0.1, 0.15) is 44.5 Å². The molecule has 2 aromatic carbocycles. The molecule has 0 amide bonds. The molecule has 0 aliphatic carbocycles. The molecule has 7 heteroatoms. The smallest absolute Gasteiger partial charge is 0.161 e. The van der Waals surface area contributed by atoms with Gasteiger partial charge < -0.3 is 14.7 Å². The third kappa shape index (κ3) is 7.34. The minimum Gasteiger partial charge on any atom is -0.389 e. The number of ether oxygens (including phenoxy) is 1. The SMILES string of the molecule is CCc1nc(-c2ccccc2)nc(N2CCN(CC(O)COC(C)(C)C)CC2)c1Cc1ccccc1F. The standard InChI is InChI=1S/C30H39FN4O2/c1-5-27-25(19-23-13-9-10-14-26(23)31)29(33-28(32-27)22-11-7-6-8-12-22)35-17-15-34(16-18-35)20-24(36)21-37-30(2,3)4/h6-14,24,36H,5,15-21H2,1-4H3. The fourth-order valence-corrected chi connectivity index (χ4v) is 4.64. The highest BCUT2D eigenvalue weighted by molar-refractivity contribution is 5.61. The van der Waals surface area contributed by atoms with E-state index in [1.165, 1.54) is 6.07 Å². The van der Waals surface area contributed by atoms with Crippen LogP contribution in [0.4, 0.5) is 10.2 Å². The molecule has 198 valence electrons. The van der Waals surface area contributed by atoms with Gasteiger partial charge >= 0.3 is 0 Å². The van der Waals surface area contributed by atoms with E-state index in [0.29, 0.717) is 31.0 Å². The van der Waals surface area contributed by atoms with Gasteiger partial charge in [0.15, 0.2) is 5.82 Å². The average molecular weight is 507 g/mol. The predicted octanol–water partition coefficient (Wildman–Crippen LogP) is 4.73. The molecule has 2 heterocycles. The van der Waals surface area contributed by atoms with Crippen molar-refractivity contribution < 1.29 is 14.2 Å². The minimum atomic E-state index is -0.530. The Hall–Kier alpha value is -2.87. The number of aliphatic hydroxyl groups excluding tert-OH is 1. The first-order chi connectivity index (χ1) is 17.7. The van der Waals surface area contributed by atoms with Crippen molar-refractivity contribution in [3.8, 4) is 11.4 Å². The highest BCUT2D eigenvalue weighted by atomic mass is 19.1. The lowest BCUT2D eigenvalue weighted by atomic mass is 10.0. The molecule has 1 fully saturated rings. The molecule has 6 nitrogen and oxygen atoms in total. The topological polar surface area (TPSA) is 61.7 Å². The lowest BCUT2D eigenvalue weighted by Gasteiger charge is -2.37. The summed E-state index contributed by atoms with van der Waals surface area (Å²) in [5, 5.41) is 10.5. The Kier molecular flexibility index (Phi) is 8.90. The fraction of sp³-hybridized carbons (Fsp3) is 0.467. The quantitative estimate of drug-likeness (QED) is 0.453. The van der Waals surface area contributed by atoms with Crippen LogP contribution in [0.5, 0.6) is 0 Å². The first kappa shape index (κ1) is 27.2. The molecule has 0 spiro atoms. The summed E-state index contributed by atoms with van der Waals surface area (Å²) < 4.78 is 20.4. The molecule has 0 bridgehead atoms. The largest absolute Gasteiger partial charge is 0.389 e. The van der Waals surface area contributed by atoms with E-state index in [0.717, 1.165) is 55.2 Å². The van der Waals surface area contributed by atoms with Gasteiger partial charge in [0.1, 0.15) is 11.6 Å². The van der Waals surface area contributed by atoms with Gasteiger partial charge in [0, 0.05) is 56.0 Å². The van der Waals surface area contributed by atoms with Gasteiger partial charge in [0.25, 0.3) is 0 Å². The number of nitrogens with zero attached hydrogens (tertiary/aromatic N) is 4. The van der Waals surface area contributed by atoms with Gasteiger partial charge in [-0.05, 0) is 38.8 Å². The van der Waals surface area contributed by atoms with Crippen LogP contribution in [-0.2, 0) is 17.6 Å². The van der Waals surface area contributed by atoms with Crippen molar-refractivity contribution in [2.24, 2.45) is 0 Å². The number of aliphatic hydroxyl groups is 1. The number of β-amino-alcohol motifs (C(OH)–C–C–N with tert-alkyl or cyclic N) is 1. The maximum absolute atomic E-state index is 14.6. The molecule has 4 rings (SSSR count). The number of hydrogen-bond acceptors (Lipinski definition) is 6. The van der Waals surface area contributed by atoms with Gasteiger partial charge in [0.05, 0.1) is 18.3 Å². The van der Waals surface area contributed by atoms with Crippen molar-refractivity contribution >= 4 is 5.82 Å². The summed E-state index contributed by atoms with van der Waals surface area (Å²) in [5.41, 5.74) is 3.28. The summed E-state index contributed by atoms with van der Waals surface area (Å²) in [6.07, 6.45) is 0.653. The third-order valence-electron chi connectivity index (χ3n) is 6.61. The van der Waals surface area contributed by atoms with Gasteiger partial charge in [-0.2, -0.15) is 0 Å². The highest BCUT2D eigenvalue weighted by Gasteiger charge is 2.25. The van der Waals surface area contributed by atoms with Crippen LogP contribution in [-0.4, -0.2) is 71.0 Å². The molecule has 1 N–H and O–H groups in total. The van der Waals surface area contributed by atoms with Crippen molar-refractivity contribution in [1.82, 2.24) is 14.9 Å². The summed E-state index contributed by atoms with van der Waals surface area (Å²) >= 11 is 0. The van der Waals surface area contributed by atoms with Gasteiger partial charge in [0.2, 0.25) is 0 Å². The predicted molar refractivity (Wildman–Crippen MR) is 146 cm³/mol. The van der Waals surface area contributed by atoms with Crippen LogP contribution in [0.15, 0.2) is 54.6 Å². The zero-order chi connectivity index (χ0) is 26.4. The number of benzene rings is 2. The molecule has 3 aromatic rings. The number of piperazine rings is 1. The first-order valence-corrected chi connectivity index (χ1v) is 13.2. The zero-order valence-corrected chi connectivity index (χ0v) is 22.5. The second-order valence-corrected chi connectivity index (χ2v) is 10.6. The van der Waals surface area contributed by atoms with Gasteiger partial charge in [-0.3, -0.25) is 4.90 Å². The maximum atomic E-state index is 14.6. The third-order valence-corrected chi connectivity index (χ3v) is 6.61. The average Bonchev–Trinajstić information content (AvgIpc) is 2.89. The van der Waals surface area contributed by atoms with Crippen molar-refractivity contribution in [3.63, 3.8) is 0 Å². The summed E-state index contributed by atoms with van der Waals surface area (Å²) in [6, 6.07) is 16.9. The summed E-state index contributed by atoms with van der Waals surface area (Å²) in [4.78, 5) is 14.5. The van der Waals surface area contributed by atoms with Crippen LogP contribution < -0.4 is 4.90 Å². The second kappa shape index (κ2) is 12.1. The van der Waals surface area contributed by atoms with E-state index in [9.17, 15) is 9.50 Å². The number of aromatic nitrogens is 2. The molecule has 1 unspecified atom stereocenters. The molecule has 0 radical (unpaired) electrons. The fourth-order valence-electron chi connectivity index (χ4n) is 4.64. The van der Waals surface area contributed by atoms with E-state index in [4.69, 9.17) is 14.7 Å². The summed E-state index contributed by atoms with van der Waals surface area (Å²) in [7, 11) is 0. The monoisotopic (exact) mass is 506 g/mol. The van der Waals surface area contributed by atoms with Crippen LogP contribution in [0.3, 0.4) is 0 Å². The second-order valence-electron chi connectivity index (χ2n) is 10.6. The molecular formula is C30H39FN4O2. The highest BCUT2D eigenvalue weighted by Crippen LogP contribution is 2.29. The molecule has 1 aliphatic heterocycles. The van der Waals surface area contributed by atoms with E-state index in [1.807, 2.05) is 63.2 Å².